The second-order valence-electron chi connectivity index (χ2n) is 4.59. The molecule has 114 valence electrons. The van der Waals surface area contributed by atoms with Crippen LogP contribution >= 0.6 is 0 Å². The first-order valence-corrected chi connectivity index (χ1v) is 6.73. The normalized spacial score (nSPS) is 19.6. The molecule has 8 heteroatoms. The van der Waals surface area contributed by atoms with E-state index in [9.17, 15) is 19.5 Å². The number of aliphatic hydroxyl groups is 1. The van der Waals surface area contributed by atoms with E-state index in [-0.39, 0.29) is 12.5 Å². The Hall–Kier alpha value is -1.67. The van der Waals surface area contributed by atoms with Crippen molar-refractivity contribution in [3.05, 3.63) is 0 Å². The molecule has 0 spiro atoms. The molecule has 0 aromatic heterocycles. The van der Waals surface area contributed by atoms with Crippen molar-refractivity contribution in [2.24, 2.45) is 5.73 Å². The topological polar surface area (TPSA) is 125 Å². The fourth-order valence-corrected chi connectivity index (χ4v) is 2.23. The van der Waals surface area contributed by atoms with Gasteiger partial charge in [-0.3, -0.25) is 14.4 Å². The van der Waals surface area contributed by atoms with Crippen LogP contribution in [0.15, 0.2) is 0 Å². The summed E-state index contributed by atoms with van der Waals surface area (Å²) in [6.45, 7) is 1.95. The van der Waals surface area contributed by atoms with Crippen LogP contribution in [-0.2, 0) is 14.4 Å². The number of hydrogen-bond acceptors (Lipinski definition) is 5. The number of likely N-dealkylation sites (tertiary alicyclic amines) is 1. The van der Waals surface area contributed by atoms with E-state index in [4.69, 9.17) is 5.73 Å². The fourth-order valence-electron chi connectivity index (χ4n) is 2.23. The third kappa shape index (κ3) is 3.91. The quantitative estimate of drug-likeness (QED) is 0.431. The van der Waals surface area contributed by atoms with Gasteiger partial charge < -0.3 is 26.4 Å². The molecule has 5 N–H and O–H groups in total. The van der Waals surface area contributed by atoms with E-state index in [1.807, 2.05) is 0 Å². The molecular weight excluding hydrogens is 264 g/mol. The standard InChI is InChI=1S/C12H22N4O4/c1-2-14-11(19)9-4-3-5-16(9)12(20)8(7-17)15-10(18)6-13/h8-9,17H,2-7,13H2,1H3,(H,14,19)(H,15,18). The van der Waals surface area contributed by atoms with Crippen LogP contribution in [0, 0.1) is 0 Å². The highest BCUT2D eigenvalue weighted by atomic mass is 16.3. The highest BCUT2D eigenvalue weighted by Gasteiger charge is 2.37. The Labute approximate surface area is 117 Å². The molecule has 1 fully saturated rings. The Morgan fingerprint density at radius 2 is 2.15 bits per heavy atom. The lowest BCUT2D eigenvalue weighted by molar-refractivity contribution is -0.142. The predicted molar refractivity (Wildman–Crippen MR) is 71.5 cm³/mol. The first-order chi connectivity index (χ1) is 9.54. The summed E-state index contributed by atoms with van der Waals surface area (Å²) < 4.78 is 0. The molecule has 1 aliphatic heterocycles. The third-order valence-corrected chi connectivity index (χ3v) is 3.19. The van der Waals surface area contributed by atoms with Gasteiger partial charge in [0.15, 0.2) is 0 Å². The molecule has 0 radical (unpaired) electrons. The van der Waals surface area contributed by atoms with Crippen molar-refractivity contribution in [1.29, 1.82) is 0 Å². The molecule has 0 aliphatic carbocycles. The molecule has 1 heterocycles. The largest absolute Gasteiger partial charge is 0.394 e. The second-order valence-corrected chi connectivity index (χ2v) is 4.59. The van der Waals surface area contributed by atoms with Gasteiger partial charge in [-0.05, 0) is 19.8 Å². The Bertz CT molecular complexity index is 374. The number of carbonyl (C=O) groups is 3. The first-order valence-electron chi connectivity index (χ1n) is 6.73. The van der Waals surface area contributed by atoms with Crippen LogP contribution in [-0.4, -0.2) is 66.1 Å². The molecular formula is C12H22N4O4. The van der Waals surface area contributed by atoms with Gasteiger partial charge in [-0.15, -0.1) is 0 Å². The van der Waals surface area contributed by atoms with Gasteiger partial charge in [-0.1, -0.05) is 0 Å². The Kier molecular flexibility index (Phi) is 6.40. The van der Waals surface area contributed by atoms with Crippen molar-refractivity contribution in [1.82, 2.24) is 15.5 Å². The monoisotopic (exact) mass is 286 g/mol. The van der Waals surface area contributed by atoms with Gasteiger partial charge in [-0.2, -0.15) is 0 Å². The molecule has 8 nitrogen and oxygen atoms in total. The van der Waals surface area contributed by atoms with E-state index in [1.165, 1.54) is 4.90 Å². The van der Waals surface area contributed by atoms with E-state index in [0.29, 0.717) is 19.5 Å². The van der Waals surface area contributed by atoms with Crippen LogP contribution in [0.4, 0.5) is 0 Å². The van der Waals surface area contributed by atoms with Crippen LogP contribution in [0.3, 0.4) is 0 Å². The Morgan fingerprint density at radius 3 is 2.70 bits per heavy atom. The summed E-state index contributed by atoms with van der Waals surface area (Å²) in [6, 6.07) is -1.59. The second kappa shape index (κ2) is 7.81. The summed E-state index contributed by atoms with van der Waals surface area (Å²) in [7, 11) is 0. The van der Waals surface area contributed by atoms with E-state index >= 15 is 0 Å². The maximum absolute atomic E-state index is 12.3. The number of nitrogens with two attached hydrogens (primary N) is 1. The Balaban J connectivity index is 2.72. The van der Waals surface area contributed by atoms with Crippen LogP contribution in [0.5, 0.6) is 0 Å². The van der Waals surface area contributed by atoms with Gasteiger partial charge in [0.25, 0.3) is 0 Å². The average molecular weight is 286 g/mol. The zero-order chi connectivity index (χ0) is 15.1. The molecule has 1 rings (SSSR count). The van der Waals surface area contributed by atoms with Crippen LogP contribution < -0.4 is 16.4 Å². The molecule has 2 atom stereocenters. The molecule has 1 aliphatic rings. The minimum absolute atomic E-state index is 0.208. The van der Waals surface area contributed by atoms with Gasteiger partial charge in [0.05, 0.1) is 13.2 Å². The summed E-state index contributed by atoms with van der Waals surface area (Å²) in [4.78, 5) is 36.8. The van der Waals surface area contributed by atoms with Crippen molar-refractivity contribution >= 4 is 17.7 Å². The number of rotatable bonds is 6. The molecule has 3 amide bonds. The number of likely N-dealkylation sites (N-methyl/N-ethyl adjacent to an activating group) is 1. The highest BCUT2D eigenvalue weighted by Crippen LogP contribution is 2.18. The minimum Gasteiger partial charge on any atom is -0.394 e. The number of nitrogens with one attached hydrogen (secondary N) is 2. The first kappa shape index (κ1) is 16.4. The number of amides is 3. The van der Waals surface area contributed by atoms with Gasteiger partial charge in [0.1, 0.15) is 12.1 Å². The predicted octanol–water partition coefficient (Wildman–Crippen LogP) is -2.45. The molecule has 2 unspecified atom stereocenters. The van der Waals surface area contributed by atoms with Crippen LogP contribution in [0.1, 0.15) is 19.8 Å². The van der Waals surface area contributed by atoms with Gasteiger partial charge >= 0.3 is 0 Å². The van der Waals surface area contributed by atoms with Crippen molar-refractivity contribution in [2.45, 2.75) is 31.8 Å². The number of carbonyl (C=O) groups excluding carboxylic acids is 3. The highest BCUT2D eigenvalue weighted by molar-refractivity contribution is 5.92. The van der Waals surface area contributed by atoms with Crippen LogP contribution in [0.25, 0.3) is 0 Å². The summed E-state index contributed by atoms with van der Waals surface area (Å²) in [5.41, 5.74) is 5.16. The molecule has 20 heavy (non-hydrogen) atoms. The van der Waals surface area contributed by atoms with Crippen molar-refractivity contribution < 1.29 is 19.5 Å². The SMILES string of the molecule is CCNC(=O)C1CCCN1C(=O)C(CO)NC(=O)CN. The van der Waals surface area contributed by atoms with Crippen molar-refractivity contribution in [2.75, 3.05) is 26.2 Å². The molecule has 0 saturated carbocycles. The zero-order valence-electron chi connectivity index (χ0n) is 11.6. The Morgan fingerprint density at radius 1 is 1.45 bits per heavy atom. The molecule has 1 saturated heterocycles. The summed E-state index contributed by atoms with van der Waals surface area (Å²) in [5, 5.41) is 14.3. The van der Waals surface area contributed by atoms with Gasteiger partial charge in [0, 0.05) is 13.1 Å². The fraction of sp³-hybridized carbons (Fsp3) is 0.750. The lowest BCUT2D eigenvalue weighted by Crippen LogP contribution is -2.55. The zero-order valence-corrected chi connectivity index (χ0v) is 11.6. The number of hydrogen-bond donors (Lipinski definition) is 4. The molecule has 0 aromatic carbocycles. The lowest BCUT2D eigenvalue weighted by Gasteiger charge is -2.27. The van der Waals surface area contributed by atoms with Crippen molar-refractivity contribution in [3.63, 3.8) is 0 Å². The van der Waals surface area contributed by atoms with E-state index in [1.54, 1.807) is 6.92 Å². The lowest BCUT2D eigenvalue weighted by atomic mass is 10.2. The average Bonchev–Trinajstić information content (AvgIpc) is 2.93. The van der Waals surface area contributed by atoms with E-state index in [0.717, 1.165) is 6.42 Å². The minimum atomic E-state index is -1.05. The summed E-state index contributed by atoms with van der Waals surface area (Å²) >= 11 is 0. The number of aliphatic hydroxyl groups excluding tert-OH is 1. The maximum atomic E-state index is 12.3. The van der Waals surface area contributed by atoms with E-state index in [2.05, 4.69) is 10.6 Å². The third-order valence-electron chi connectivity index (χ3n) is 3.19. The van der Waals surface area contributed by atoms with Crippen molar-refractivity contribution in [3.8, 4) is 0 Å². The van der Waals surface area contributed by atoms with E-state index < -0.39 is 30.5 Å². The van der Waals surface area contributed by atoms with Gasteiger partial charge in [-0.25, -0.2) is 0 Å². The molecule has 0 bridgehead atoms. The van der Waals surface area contributed by atoms with Crippen LogP contribution in [0.2, 0.25) is 0 Å². The smallest absolute Gasteiger partial charge is 0.248 e. The maximum Gasteiger partial charge on any atom is 0.248 e. The summed E-state index contributed by atoms with van der Waals surface area (Å²) in [5.74, 6) is -1.19. The number of nitrogens with zero attached hydrogens (tertiary/aromatic N) is 1. The van der Waals surface area contributed by atoms with Gasteiger partial charge in [0.2, 0.25) is 17.7 Å². The summed E-state index contributed by atoms with van der Waals surface area (Å²) in [6.07, 6.45) is 1.30. The molecule has 0 aromatic rings.